The summed E-state index contributed by atoms with van der Waals surface area (Å²) in [4.78, 5) is 8.16. The smallest absolute Gasteiger partial charge is 0.166 e. The number of nitriles is 1. The Labute approximate surface area is 121 Å². The zero-order chi connectivity index (χ0) is 14.0. The molecule has 0 atom stereocenters. The number of nitrogens with zero attached hydrogens (tertiary/aromatic N) is 4. The van der Waals surface area contributed by atoms with Crippen molar-refractivity contribution in [1.82, 2.24) is 9.88 Å². The lowest BCUT2D eigenvalue weighted by Gasteiger charge is -2.40. The standard InChI is InChI=1S/C13H16BrFN4/c1-13(2,9-16)19-5-3-18(4-6-19)12-11(15)7-10(14)8-17-12/h7-8H,3-6H2,1-2H3. The van der Waals surface area contributed by atoms with E-state index in [2.05, 4.69) is 31.9 Å². The Morgan fingerprint density at radius 3 is 2.53 bits per heavy atom. The van der Waals surface area contributed by atoms with Crippen LogP contribution in [0.4, 0.5) is 10.2 Å². The minimum atomic E-state index is -0.474. The third-order valence-electron chi connectivity index (χ3n) is 3.43. The van der Waals surface area contributed by atoms with Crippen LogP contribution in [0.15, 0.2) is 16.7 Å². The number of aromatic nitrogens is 1. The van der Waals surface area contributed by atoms with Gasteiger partial charge in [0.05, 0.1) is 6.07 Å². The Morgan fingerprint density at radius 2 is 2.00 bits per heavy atom. The molecule has 0 aromatic carbocycles. The second-order valence-corrected chi connectivity index (χ2v) is 6.02. The average molecular weight is 327 g/mol. The van der Waals surface area contributed by atoms with Gasteiger partial charge in [-0.1, -0.05) is 0 Å². The number of pyridine rings is 1. The van der Waals surface area contributed by atoms with Crippen LogP contribution in [0.1, 0.15) is 13.8 Å². The molecule has 19 heavy (non-hydrogen) atoms. The molecule has 0 bridgehead atoms. The maximum absolute atomic E-state index is 13.8. The molecule has 0 unspecified atom stereocenters. The predicted octanol–water partition coefficient (Wildman–Crippen LogP) is 2.41. The van der Waals surface area contributed by atoms with E-state index in [1.54, 1.807) is 6.20 Å². The molecular formula is C13H16BrFN4. The van der Waals surface area contributed by atoms with Crippen LogP contribution in [-0.4, -0.2) is 41.6 Å². The maximum Gasteiger partial charge on any atom is 0.166 e. The number of anilines is 1. The summed E-state index contributed by atoms with van der Waals surface area (Å²) >= 11 is 3.20. The molecule has 2 heterocycles. The topological polar surface area (TPSA) is 43.2 Å². The summed E-state index contributed by atoms with van der Waals surface area (Å²) in [6.45, 7) is 6.63. The Kier molecular flexibility index (Phi) is 4.07. The van der Waals surface area contributed by atoms with E-state index in [9.17, 15) is 4.39 Å². The molecular weight excluding hydrogens is 311 g/mol. The fraction of sp³-hybridized carbons (Fsp3) is 0.538. The molecule has 2 rings (SSSR count). The molecule has 1 saturated heterocycles. The minimum Gasteiger partial charge on any atom is -0.352 e. The van der Waals surface area contributed by atoms with Crippen molar-refractivity contribution in [2.45, 2.75) is 19.4 Å². The minimum absolute atomic E-state index is 0.317. The van der Waals surface area contributed by atoms with Crippen LogP contribution in [0.25, 0.3) is 0 Å². The van der Waals surface area contributed by atoms with Gasteiger partial charge in [0.2, 0.25) is 0 Å². The lowest BCUT2D eigenvalue weighted by molar-refractivity contribution is 0.157. The normalized spacial score (nSPS) is 17.3. The van der Waals surface area contributed by atoms with Crippen LogP contribution in [0.5, 0.6) is 0 Å². The van der Waals surface area contributed by atoms with Crippen LogP contribution in [-0.2, 0) is 0 Å². The fourth-order valence-electron chi connectivity index (χ4n) is 2.19. The summed E-state index contributed by atoms with van der Waals surface area (Å²) in [6.07, 6.45) is 1.60. The lowest BCUT2D eigenvalue weighted by atomic mass is 10.0. The van der Waals surface area contributed by atoms with E-state index in [1.165, 1.54) is 6.07 Å². The molecule has 0 spiro atoms. The summed E-state index contributed by atoms with van der Waals surface area (Å²) in [7, 11) is 0. The van der Waals surface area contributed by atoms with Crippen LogP contribution in [0, 0.1) is 17.1 Å². The Bertz CT molecular complexity index is 504. The van der Waals surface area contributed by atoms with Crippen molar-refractivity contribution in [3.63, 3.8) is 0 Å². The monoisotopic (exact) mass is 326 g/mol. The second-order valence-electron chi connectivity index (χ2n) is 5.10. The van der Waals surface area contributed by atoms with E-state index in [4.69, 9.17) is 5.26 Å². The van der Waals surface area contributed by atoms with Gasteiger partial charge in [0.15, 0.2) is 11.6 Å². The van der Waals surface area contributed by atoms with Gasteiger partial charge >= 0.3 is 0 Å². The molecule has 0 radical (unpaired) electrons. The largest absolute Gasteiger partial charge is 0.352 e. The van der Waals surface area contributed by atoms with Crippen LogP contribution in [0.3, 0.4) is 0 Å². The predicted molar refractivity (Wildman–Crippen MR) is 75.4 cm³/mol. The molecule has 0 N–H and O–H groups in total. The van der Waals surface area contributed by atoms with Gasteiger partial charge in [-0.2, -0.15) is 5.26 Å². The van der Waals surface area contributed by atoms with Gasteiger partial charge in [0.25, 0.3) is 0 Å². The first-order valence-electron chi connectivity index (χ1n) is 6.16. The van der Waals surface area contributed by atoms with Crippen LogP contribution >= 0.6 is 15.9 Å². The molecule has 6 heteroatoms. The molecule has 1 aliphatic heterocycles. The second kappa shape index (κ2) is 5.43. The van der Waals surface area contributed by atoms with Gasteiger partial charge in [-0.25, -0.2) is 9.37 Å². The van der Waals surface area contributed by atoms with Gasteiger partial charge in [-0.05, 0) is 35.8 Å². The Hall–Kier alpha value is -1.19. The van der Waals surface area contributed by atoms with Gasteiger partial charge in [0, 0.05) is 36.8 Å². The zero-order valence-electron chi connectivity index (χ0n) is 11.0. The van der Waals surface area contributed by atoms with E-state index < -0.39 is 5.54 Å². The van der Waals surface area contributed by atoms with Gasteiger partial charge < -0.3 is 4.90 Å². The van der Waals surface area contributed by atoms with E-state index in [0.717, 1.165) is 13.1 Å². The third-order valence-corrected chi connectivity index (χ3v) is 3.87. The third kappa shape index (κ3) is 3.04. The zero-order valence-corrected chi connectivity index (χ0v) is 12.6. The van der Waals surface area contributed by atoms with E-state index in [-0.39, 0.29) is 5.82 Å². The summed E-state index contributed by atoms with van der Waals surface area (Å²) in [6, 6.07) is 3.72. The average Bonchev–Trinajstić information content (AvgIpc) is 2.39. The maximum atomic E-state index is 13.8. The Morgan fingerprint density at radius 1 is 1.37 bits per heavy atom. The molecule has 1 aromatic heterocycles. The molecule has 102 valence electrons. The van der Waals surface area contributed by atoms with Crippen molar-refractivity contribution in [2.24, 2.45) is 0 Å². The number of piperazine rings is 1. The molecule has 0 saturated carbocycles. The number of rotatable bonds is 2. The first kappa shape index (κ1) is 14.2. The molecule has 0 amide bonds. The summed E-state index contributed by atoms with van der Waals surface area (Å²) in [5, 5.41) is 9.12. The van der Waals surface area contributed by atoms with Gasteiger partial charge in [0.1, 0.15) is 5.54 Å². The molecule has 0 aliphatic carbocycles. The summed E-state index contributed by atoms with van der Waals surface area (Å²) < 4.78 is 14.5. The first-order chi connectivity index (χ1) is 8.94. The number of hydrogen-bond donors (Lipinski definition) is 0. The van der Waals surface area contributed by atoms with Crippen molar-refractivity contribution < 1.29 is 4.39 Å². The van der Waals surface area contributed by atoms with E-state index in [1.807, 2.05) is 18.7 Å². The van der Waals surface area contributed by atoms with E-state index in [0.29, 0.717) is 23.4 Å². The fourth-order valence-corrected chi connectivity index (χ4v) is 2.49. The number of halogens is 2. The van der Waals surface area contributed by atoms with E-state index >= 15 is 0 Å². The molecule has 1 fully saturated rings. The first-order valence-corrected chi connectivity index (χ1v) is 6.95. The van der Waals surface area contributed by atoms with Crippen molar-refractivity contribution in [1.29, 1.82) is 5.26 Å². The van der Waals surface area contributed by atoms with Gasteiger partial charge in [-0.15, -0.1) is 0 Å². The summed E-state index contributed by atoms with van der Waals surface area (Å²) in [5.74, 6) is 0.0694. The van der Waals surface area contributed by atoms with Gasteiger partial charge in [-0.3, -0.25) is 4.90 Å². The van der Waals surface area contributed by atoms with Crippen molar-refractivity contribution >= 4 is 21.7 Å². The van der Waals surface area contributed by atoms with Crippen LogP contribution in [0.2, 0.25) is 0 Å². The highest BCUT2D eigenvalue weighted by Gasteiger charge is 2.30. The van der Waals surface area contributed by atoms with Crippen molar-refractivity contribution in [3.05, 3.63) is 22.6 Å². The molecule has 1 aliphatic rings. The van der Waals surface area contributed by atoms with Crippen LogP contribution < -0.4 is 4.90 Å². The Balaban J connectivity index is 2.06. The van der Waals surface area contributed by atoms with Crippen molar-refractivity contribution in [2.75, 3.05) is 31.1 Å². The molecule has 1 aromatic rings. The quantitative estimate of drug-likeness (QED) is 0.837. The highest BCUT2D eigenvalue weighted by Crippen LogP contribution is 2.23. The van der Waals surface area contributed by atoms with Crippen molar-refractivity contribution in [3.8, 4) is 6.07 Å². The lowest BCUT2D eigenvalue weighted by Crippen LogP contribution is -2.54. The highest BCUT2D eigenvalue weighted by atomic mass is 79.9. The highest BCUT2D eigenvalue weighted by molar-refractivity contribution is 9.10. The summed E-state index contributed by atoms with van der Waals surface area (Å²) in [5.41, 5.74) is -0.474. The number of hydrogen-bond acceptors (Lipinski definition) is 4. The molecule has 4 nitrogen and oxygen atoms in total. The SMILES string of the molecule is CC(C)(C#N)N1CCN(c2ncc(Br)cc2F)CC1.